The van der Waals surface area contributed by atoms with Gasteiger partial charge in [0.05, 0.1) is 6.26 Å². The standard InChI is InChI=1S/C20H27N3O3/c24-15-16-4-1-11-23(14-16)12-3-10-21-20(25)22-18-8-6-17(7-9-18)19-5-2-13-26-19/h2,5-9,13,16,24H,1,3-4,10-12,14-15H2,(H2,21,22,25)/t16-/m1/s1. The van der Waals surface area contributed by atoms with E-state index in [2.05, 4.69) is 15.5 Å². The number of rotatable bonds is 7. The SMILES string of the molecule is O=C(NCCCN1CCC[C@@H](CO)C1)Nc1ccc(-c2ccco2)cc1. The number of amides is 2. The molecule has 2 heterocycles. The molecule has 6 heteroatoms. The molecule has 0 unspecified atom stereocenters. The summed E-state index contributed by atoms with van der Waals surface area (Å²) in [4.78, 5) is 14.4. The van der Waals surface area contributed by atoms with Crippen molar-refractivity contribution in [2.24, 2.45) is 5.92 Å². The lowest BCUT2D eigenvalue weighted by molar-refractivity contribution is 0.120. The van der Waals surface area contributed by atoms with Gasteiger partial charge in [-0.15, -0.1) is 0 Å². The topological polar surface area (TPSA) is 77.7 Å². The highest BCUT2D eigenvalue weighted by atomic mass is 16.3. The lowest BCUT2D eigenvalue weighted by Crippen LogP contribution is -2.38. The number of carbonyl (C=O) groups excluding carboxylic acids is 1. The Morgan fingerprint density at radius 1 is 1.27 bits per heavy atom. The minimum Gasteiger partial charge on any atom is -0.464 e. The van der Waals surface area contributed by atoms with E-state index in [1.807, 2.05) is 36.4 Å². The third-order valence-corrected chi connectivity index (χ3v) is 4.75. The molecule has 0 radical (unpaired) electrons. The van der Waals surface area contributed by atoms with Gasteiger partial charge in [0, 0.05) is 30.9 Å². The Labute approximate surface area is 154 Å². The maximum absolute atomic E-state index is 12.0. The molecule has 2 amide bonds. The smallest absolute Gasteiger partial charge is 0.319 e. The number of anilines is 1. The molecule has 0 bridgehead atoms. The molecule has 26 heavy (non-hydrogen) atoms. The number of hydrogen-bond donors (Lipinski definition) is 3. The first-order chi connectivity index (χ1) is 12.7. The second kappa shape index (κ2) is 9.40. The number of hydrogen-bond acceptors (Lipinski definition) is 4. The molecule has 1 atom stereocenters. The van der Waals surface area contributed by atoms with E-state index >= 15 is 0 Å². The van der Waals surface area contributed by atoms with Gasteiger partial charge in [0.25, 0.3) is 0 Å². The van der Waals surface area contributed by atoms with Gasteiger partial charge in [0.2, 0.25) is 0 Å². The molecule has 140 valence electrons. The zero-order valence-electron chi connectivity index (χ0n) is 15.0. The number of aliphatic hydroxyl groups is 1. The van der Waals surface area contributed by atoms with Gasteiger partial charge in [-0.3, -0.25) is 0 Å². The summed E-state index contributed by atoms with van der Waals surface area (Å²) in [6.45, 7) is 3.91. The second-order valence-electron chi connectivity index (χ2n) is 6.78. The molecule has 1 saturated heterocycles. The van der Waals surface area contributed by atoms with Crippen LogP contribution in [0.25, 0.3) is 11.3 Å². The van der Waals surface area contributed by atoms with Crippen LogP contribution in [0.15, 0.2) is 47.1 Å². The fourth-order valence-electron chi connectivity index (χ4n) is 3.34. The molecule has 6 nitrogen and oxygen atoms in total. The van der Waals surface area contributed by atoms with Crippen LogP contribution in [0.3, 0.4) is 0 Å². The van der Waals surface area contributed by atoms with Gasteiger partial charge in [-0.05, 0) is 74.7 Å². The van der Waals surface area contributed by atoms with Gasteiger partial charge in [-0.25, -0.2) is 4.79 Å². The number of urea groups is 1. The van der Waals surface area contributed by atoms with Gasteiger partial charge in [0.15, 0.2) is 0 Å². The third kappa shape index (κ3) is 5.34. The van der Waals surface area contributed by atoms with E-state index in [9.17, 15) is 9.90 Å². The zero-order valence-corrected chi connectivity index (χ0v) is 15.0. The Kier molecular flexibility index (Phi) is 6.68. The van der Waals surface area contributed by atoms with Crippen molar-refractivity contribution in [1.82, 2.24) is 10.2 Å². The Morgan fingerprint density at radius 2 is 2.12 bits per heavy atom. The van der Waals surface area contributed by atoms with Crippen LogP contribution in [-0.4, -0.2) is 48.8 Å². The highest BCUT2D eigenvalue weighted by Gasteiger charge is 2.18. The number of likely N-dealkylation sites (tertiary alicyclic amines) is 1. The number of nitrogens with one attached hydrogen (secondary N) is 2. The number of carbonyl (C=O) groups is 1. The summed E-state index contributed by atoms with van der Waals surface area (Å²) in [5.74, 6) is 1.21. The molecule has 0 aliphatic carbocycles. The third-order valence-electron chi connectivity index (χ3n) is 4.75. The van der Waals surface area contributed by atoms with Gasteiger partial charge >= 0.3 is 6.03 Å². The minimum absolute atomic E-state index is 0.192. The Bertz CT molecular complexity index is 670. The van der Waals surface area contributed by atoms with Crippen LogP contribution in [-0.2, 0) is 0 Å². The Hall–Kier alpha value is -2.31. The van der Waals surface area contributed by atoms with Crippen molar-refractivity contribution < 1.29 is 14.3 Å². The van der Waals surface area contributed by atoms with E-state index in [1.165, 1.54) is 0 Å². The quantitative estimate of drug-likeness (QED) is 0.665. The maximum atomic E-state index is 12.0. The first-order valence-corrected chi connectivity index (χ1v) is 9.26. The molecule has 1 aliphatic heterocycles. The molecular weight excluding hydrogens is 330 g/mol. The zero-order chi connectivity index (χ0) is 18.2. The van der Waals surface area contributed by atoms with Crippen LogP contribution >= 0.6 is 0 Å². The molecule has 1 aromatic heterocycles. The summed E-state index contributed by atoms with van der Waals surface area (Å²) >= 11 is 0. The van der Waals surface area contributed by atoms with E-state index in [0.29, 0.717) is 12.5 Å². The number of furan rings is 1. The van der Waals surface area contributed by atoms with Crippen molar-refractivity contribution >= 4 is 11.7 Å². The summed E-state index contributed by atoms with van der Waals surface area (Å²) < 4.78 is 5.35. The average Bonchev–Trinajstić information content (AvgIpc) is 3.21. The van der Waals surface area contributed by atoms with Crippen molar-refractivity contribution in [3.05, 3.63) is 42.7 Å². The van der Waals surface area contributed by atoms with Crippen molar-refractivity contribution in [2.75, 3.05) is 38.1 Å². The highest BCUT2D eigenvalue weighted by molar-refractivity contribution is 5.89. The van der Waals surface area contributed by atoms with Crippen molar-refractivity contribution in [3.63, 3.8) is 0 Å². The molecule has 1 aliphatic rings. The fourth-order valence-corrected chi connectivity index (χ4v) is 3.34. The molecule has 0 spiro atoms. The van der Waals surface area contributed by atoms with Crippen LogP contribution in [0.2, 0.25) is 0 Å². The normalized spacial score (nSPS) is 17.8. The molecule has 1 fully saturated rings. The monoisotopic (exact) mass is 357 g/mol. The number of aliphatic hydroxyl groups excluding tert-OH is 1. The van der Waals surface area contributed by atoms with E-state index < -0.39 is 0 Å². The molecule has 1 aromatic carbocycles. The molecule has 3 N–H and O–H groups in total. The maximum Gasteiger partial charge on any atom is 0.319 e. The van der Waals surface area contributed by atoms with Gasteiger partial charge in [0.1, 0.15) is 5.76 Å². The predicted octanol–water partition coefficient (Wildman–Crippen LogP) is 3.16. The first kappa shape index (κ1) is 18.5. The van der Waals surface area contributed by atoms with Crippen molar-refractivity contribution in [2.45, 2.75) is 19.3 Å². The van der Waals surface area contributed by atoms with Crippen molar-refractivity contribution in [1.29, 1.82) is 0 Å². The molecular formula is C20H27N3O3. The second-order valence-corrected chi connectivity index (χ2v) is 6.78. The van der Waals surface area contributed by atoms with E-state index in [4.69, 9.17) is 4.42 Å². The summed E-state index contributed by atoms with van der Waals surface area (Å²) in [5, 5.41) is 15.0. The van der Waals surface area contributed by atoms with Gasteiger partial charge in [-0.1, -0.05) is 0 Å². The van der Waals surface area contributed by atoms with E-state index in [0.717, 1.165) is 55.9 Å². The van der Waals surface area contributed by atoms with Crippen molar-refractivity contribution in [3.8, 4) is 11.3 Å². The highest BCUT2D eigenvalue weighted by Crippen LogP contribution is 2.21. The summed E-state index contributed by atoms with van der Waals surface area (Å²) in [6.07, 6.45) is 4.81. The first-order valence-electron chi connectivity index (χ1n) is 9.26. The Balaban J connectivity index is 1.35. The largest absolute Gasteiger partial charge is 0.464 e. The van der Waals surface area contributed by atoms with E-state index in [1.54, 1.807) is 6.26 Å². The van der Waals surface area contributed by atoms with Gasteiger partial charge < -0.3 is 25.1 Å². The van der Waals surface area contributed by atoms with Crippen LogP contribution in [0.5, 0.6) is 0 Å². The van der Waals surface area contributed by atoms with Gasteiger partial charge in [-0.2, -0.15) is 0 Å². The number of nitrogens with zero attached hydrogens (tertiary/aromatic N) is 1. The predicted molar refractivity (Wildman–Crippen MR) is 102 cm³/mol. The summed E-state index contributed by atoms with van der Waals surface area (Å²) in [5.41, 5.74) is 1.73. The van der Waals surface area contributed by atoms with Crippen LogP contribution in [0.4, 0.5) is 10.5 Å². The number of benzene rings is 1. The molecule has 0 saturated carbocycles. The van der Waals surface area contributed by atoms with E-state index in [-0.39, 0.29) is 12.6 Å². The number of piperidine rings is 1. The minimum atomic E-state index is -0.192. The van der Waals surface area contributed by atoms with Crippen LogP contribution in [0, 0.1) is 5.92 Å². The average molecular weight is 357 g/mol. The van der Waals surface area contributed by atoms with Crippen LogP contribution < -0.4 is 10.6 Å². The summed E-state index contributed by atoms with van der Waals surface area (Å²) in [7, 11) is 0. The fraction of sp³-hybridized carbons (Fsp3) is 0.450. The van der Waals surface area contributed by atoms with Crippen LogP contribution in [0.1, 0.15) is 19.3 Å². The molecule has 3 rings (SSSR count). The Morgan fingerprint density at radius 3 is 2.85 bits per heavy atom. The lowest BCUT2D eigenvalue weighted by Gasteiger charge is -2.31. The summed E-state index contributed by atoms with van der Waals surface area (Å²) in [6, 6.07) is 11.1. The lowest BCUT2D eigenvalue weighted by atomic mass is 9.99. The molecule has 2 aromatic rings.